The van der Waals surface area contributed by atoms with E-state index in [4.69, 9.17) is 21.1 Å². The zero-order valence-corrected chi connectivity index (χ0v) is 19.6. The number of anilines is 2. The molecule has 182 valence electrons. The minimum atomic E-state index is -0.742. The van der Waals surface area contributed by atoms with Gasteiger partial charge in [0, 0.05) is 17.8 Å². The summed E-state index contributed by atoms with van der Waals surface area (Å²) in [6, 6.07) is 18.6. The Labute approximate surface area is 210 Å². The van der Waals surface area contributed by atoms with E-state index in [0.717, 1.165) is 0 Å². The molecule has 0 atom stereocenters. The Bertz CT molecular complexity index is 1380. The van der Waals surface area contributed by atoms with E-state index in [1.807, 2.05) is 6.07 Å². The van der Waals surface area contributed by atoms with E-state index >= 15 is 0 Å². The molecule has 0 unspecified atom stereocenters. The maximum atomic E-state index is 12.5. The quantitative estimate of drug-likeness (QED) is 0.183. The van der Waals surface area contributed by atoms with Crippen LogP contribution in [0.15, 0.2) is 72.3 Å². The molecule has 0 aromatic heterocycles. The maximum absolute atomic E-state index is 12.5. The molecule has 0 radical (unpaired) electrons. The van der Waals surface area contributed by atoms with Gasteiger partial charge in [-0.25, -0.2) is 0 Å². The standard InChI is InChI=1S/C25H19ClN4O6/c1-35-23-12-16(9-10-22(23)36-15-24(31)29-21-8-3-2-7-20(21)26)11-17(14-27)25(32)28-18-5-4-6-19(13-18)30(33)34/h2-13H,15H2,1H3,(H,28,32)(H,29,31)/b17-11-. The fourth-order valence-corrected chi connectivity index (χ4v) is 3.18. The van der Waals surface area contributed by atoms with E-state index in [-0.39, 0.29) is 35.1 Å². The monoisotopic (exact) mass is 506 g/mol. The van der Waals surface area contributed by atoms with Gasteiger partial charge in [-0.2, -0.15) is 5.26 Å². The lowest BCUT2D eigenvalue weighted by Gasteiger charge is -2.12. The van der Waals surface area contributed by atoms with Crippen molar-refractivity contribution in [1.82, 2.24) is 0 Å². The van der Waals surface area contributed by atoms with Crippen LogP contribution in [-0.4, -0.2) is 30.5 Å². The predicted molar refractivity (Wildman–Crippen MR) is 134 cm³/mol. The van der Waals surface area contributed by atoms with Crippen molar-refractivity contribution >= 4 is 46.6 Å². The van der Waals surface area contributed by atoms with Crippen molar-refractivity contribution in [3.63, 3.8) is 0 Å². The zero-order valence-electron chi connectivity index (χ0n) is 18.9. The molecule has 0 spiro atoms. The van der Waals surface area contributed by atoms with E-state index in [1.165, 1.54) is 49.6 Å². The van der Waals surface area contributed by atoms with E-state index in [1.54, 1.807) is 30.3 Å². The molecule has 0 aliphatic carbocycles. The highest BCUT2D eigenvalue weighted by Gasteiger charge is 2.14. The summed E-state index contributed by atoms with van der Waals surface area (Å²) < 4.78 is 10.9. The lowest BCUT2D eigenvalue weighted by molar-refractivity contribution is -0.384. The van der Waals surface area contributed by atoms with E-state index in [9.17, 15) is 25.0 Å². The SMILES string of the molecule is COc1cc(/C=C(/C#N)C(=O)Nc2cccc([N+](=O)[O-])c2)ccc1OCC(=O)Nc1ccccc1Cl. The number of nitriles is 1. The Hall–Kier alpha value is -4.88. The Morgan fingerprint density at radius 1 is 1.08 bits per heavy atom. The van der Waals surface area contributed by atoms with E-state index in [2.05, 4.69) is 10.6 Å². The number of amides is 2. The minimum absolute atomic E-state index is 0.173. The second-order valence-corrected chi connectivity index (χ2v) is 7.57. The fraction of sp³-hybridized carbons (Fsp3) is 0.0800. The number of ether oxygens (including phenoxy) is 2. The molecule has 0 saturated heterocycles. The Kier molecular flexibility index (Phi) is 8.58. The number of carbonyl (C=O) groups is 2. The van der Waals surface area contributed by atoms with Gasteiger partial charge in [-0.05, 0) is 42.0 Å². The van der Waals surface area contributed by atoms with E-state index in [0.29, 0.717) is 16.3 Å². The average molecular weight is 507 g/mol. The van der Waals surface area contributed by atoms with Crippen LogP contribution < -0.4 is 20.1 Å². The summed E-state index contributed by atoms with van der Waals surface area (Å²) in [7, 11) is 1.40. The number of methoxy groups -OCH3 is 1. The van der Waals surface area contributed by atoms with E-state index < -0.39 is 16.7 Å². The van der Waals surface area contributed by atoms with Crippen LogP contribution in [0.5, 0.6) is 11.5 Å². The largest absolute Gasteiger partial charge is 0.493 e. The Balaban J connectivity index is 1.69. The first kappa shape index (κ1) is 25.7. The van der Waals surface area contributed by atoms with Crippen molar-refractivity contribution in [3.05, 3.63) is 93.0 Å². The molecule has 0 heterocycles. The second-order valence-electron chi connectivity index (χ2n) is 7.16. The number of nitro benzene ring substituents is 1. The van der Waals surface area contributed by atoms with Crippen molar-refractivity contribution in [2.75, 3.05) is 24.4 Å². The number of nitrogens with zero attached hydrogens (tertiary/aromatic N) is 2. The van der Waals surface area contributed by atoms with Gasteiger partial charge >= 0.3 is 0 Å². The minimum Gasteiger partial charge on any atom is -0.493 e. The molecule has 11 heteroatoms. The van der Waals surface area contributed by atoms with Gasteiger partial charge in [0.05, 0.1) is 22.7 Å². The van der Waals surface area contributed by atoms with Crippen LogP contribution >= 0.6 is 11.6 Å². The van der Waals surface area contributed by atoms with Crippen molar-refractivity contribution < 1.29 is 24.0 Å². The number of hydrogen-bond donors (Lipinski definition) is 2. The predicted octanol–water partition coefficient (Wildman–Crippen LogP) is 4.82. The first-order valence-electron chi connectivity index (χ1n) is 10.3. The fourth-order valence-electron chi connectivity index (χ4n) is 3.00. The summed E-state index contributed by atoms with van der Waals surface area (Å²) in [5.74, 6) is -0.638. The van der Waals surface area contributed by atoms with Gasteiger partial charge < -0.3 is 20.1 Å². The van der Waals surface area contributed by atoms with Crippen LogP contribution in [0.1, 0.15) is 5.56 Å². The van der Waals surface area contributed by atoms with Crippen LogP contribution in [0, 0.1) is 21.4 Å². The molecular weight excluding hydrogens is 488 g/mol. The van der Waals surface area contributed by atoms with Gasteiger partial charge in [0.1, 0.15) is 11.6 Å². The molecule has 3 aromatic carbocycles. The summed E-state index contributed by atoms with van der Waals surface area (Å²) in [4.78, 5) is 35.1. The van der Waals surface area contributed by atoms with Gasteiger partial charge in [0.2, 0.25) is 0 Å². The summed E-state index contributed by atoms with van der Waals surface area (Å²) >= 11 is 6.03. The number of non-ortho nitro benzene ring substituents is 1. The first-order valence-corrected chi connectivity index (χ1v) is 10.7. The summed E-state index contributed by atoms with van der Waals surface area (Å²) in [6.07, 6.45) is 1.32. The average Bonchev–Trinajstić information content (AvgIpc) is 2.87. The number of halogens is 1. The second kappa shape index (κ2) is 12.0. The molecule has 2 N–H and O–H groups in total. The number of hydrogen-bond acceptors (Lipinski definition) is 7. The molecule has 0 saturated carbocycles. The van der Waals surface area contributed by atoms with Gasteiger partial charge in [-0.15, -0.1) is 0 Å². The van der Waals surface area contributed by atoms with Crippen LogP contribution in [0.4, 0.5) is 17.1 Å². The van der Waals surface area contributed by atoms with Crippen LogP contribution in [0.2, 0.25) is 5.02 Å². The highest BCUT2D eigenvalue weighted by molar-refractivity contribution is 6.33. The smallest absolute Gasteiger partial charge is 0.271 e. The number of benzene rings is 3. The van der Waals surface area contributed by atoms with Crippen molar-refractivity contribution in [2.24, 2.45) is 0 Å². The van der Waals surface area contributed by atoms with Gasteiger partial charge in [0.25, 0.3) is 17.5 Å². The van der Waals surface area contributed by atoms with Crippen LogP contribution in [0.3, 0.4) is 0 Å². The molecule has 2 amide bonds. The van der Waals surface area contributed by atoms with Crippen LogP contribution in [0.25, 0.3) is 6.08 Å². The van der Waals surface area contributed by atoms with Crippen molar-refractivity contribution in [3.8, 4) is 17.6 Å². The molecule has 0 aliphatic heterocycles. The van der Waals surface area contributed by atoms with Gasteiger partial charge in [-0.1, -0.05) is 35.9 Å². The topological polar surface area (TPSA) is 144 Å². The molecule has 0 bridgehead atoms. The molecule has 0 fully saturated rings. The van der Waals surface area contributed by atoms with Gasteiger partial charge in [-0.3, -0.25) is 19.7 Å². The van der Waals surface area contributed by atoms with Crippen molar-refractivity contribution in [2.45, 2.75) is 0 Å². The number of nitro groups is 1. The molecule has 36 heavy (non-hydrogen) atoms. The third-order valence-corrected chi connectivity index (χ3v) is 5.01. The third kappa shape index (κ3) is 6.82. The Morgan fingerprint density at radius 3 is 2.56 bits per heavy atom. The zero-order chi connectivity index (χ0) is 26.1. The maximum Gasteiger partial charge on any atom is 0.271 e. The molecule has 3 aromatic rings. The summed E-state index contributed by atoms with van der Waals surface area (Å²) in [5, 5.41) is 25.9. The molecule has 10 nitrogen and oxygen atoms in total. The number of nitrogens with one attached hydrogen (secondary N) is 2. The highest BCUT2D eigenvalue weighted by Crippen LogP contribution is 2.29. The first-order chi connectivity index (χ1) is 17.3. The number of rotatable bonds is 9. The molecule has 0 aliphatic rings. The molecule has 3 rings (SSSR count). The van der Waals surface area contributed by atoms with Crippen molar-refractivity contribution in [1.29, 1.82) is 5.26 Å². The molecular formula is C25H19ClN4O6. The highest BCUT2D eigenvalue weighted by atomic mass is 35.5. The van der Waals surface area contributed by atoms with Crippen LogP contribution in [-0.2, 0) is 9.59 Å². The number of para-hydroxylation sites is 1. The Morgan fingerprint density at radius 2 is 1.86 bits per heavy atom. The third-order valence-electron chi connectivity index (χ3n) is 4.69. The van der Waals surface area contributed by atoms with Gasteiger partial charge in [0.15, 0.2) is 18.1 Å². The number of carbonyl (C=O) groups excluding carboxylic acids is 2. The normalized spacial score (nSPS) is 10.6. The summed E-state index contributed by atoms with van der Waals surface area (Å²) in [6.45, 7) is -0.314. The lowest BCUT2D eigenvalue weighted by atomic mass is 10.1. The lowest BCUT2D eigenvalue weighted by Crippen LogP contribution is -2.20. The summed E-state index contributed by atoms with van der Waals surface area (Å²) in [5.41, 5.74) is 0.636.